The third-order valence-electron chi connectivity index (χ3n) is 6.19. The molecule has 0 amide bonds. The summed E-state index contributed by atoms with van der Waals surface area (Å²) in [6.07, 6.45) is 0.162. The quantitative estimate of drug-likeness (QED) is 0.209. The summed E-state index contributed by atoms with van der Waals surface area (Å²) in [5.74, 6) is 0.847. The summed E-state index contributed by atoms with van der Waals surface area (Å²) in [7, 11) is 5.73. The summed E-state index contributed by atoms with van der Waals surface area (Å²) in [5, 5.41) is 0.707. The van der Waals surface area contributed by atoms with Gasteiger partial charge in [0.15, 0.2) is 0 Å². The van der Waals surface area contributed by atoms with Crippen molar-refractivity contribution in [3.63, 3.8) is 0 Å². The van der Waals surface area contributed by atoms with Gasteiger partial charge in [-0.15, -0.1) is 0 Å². The Morgan fingerprint density at radius 3 is 1.68 bits per heavy atom. The molecule has 0 radical (unpaired) electrons. The summed E-state index contributed by atoms with van der Waals surface area (Å²) < 4.78 is 7.59. The minimum Gasteiger partial charge on any atom is -0.502 e. The molecule has 1 aliphatic heterocycles. The molecule has 0 bridgehead atoms. The van der Waals surface area contributed by atoms with Gasteiger partial charge < -0.3 is 9.80 Å². The van der Waals surface area contributed by atoms with Crippen LogP contribution in [-0.2, 0) is 15.7 Å². The number of rotatable bonds is 5. The molecule has 1 saturated heterocycles. The molecule has 0 spiro atoms. The zero-order valence-electron chi connectivity index (χ0n) is 23.1. The van der Waals surface area contributed by atoms with Gasteiger partial charge in [-0.3, -0.25) is 0 Å². The van der Waals surface area contributed by atoms with Crippen LogP contribution in [0.2, 0.25) is 5.02 Å². The molecule has 1 aliphatic rings. The Morgan fingerprint density at radius 2 is 1.27 bits per heavy atom. The van der Waals surface area contributed by atoms with Crippen molar-refractivity contribution in [3.8, 4) is 5.75 Å². The Morgan fingerprint density at radius 1 is 0.811 bits per heavy atom. The zero-order valence-corrected chi connectivity index (χ0v) is 26.3. The smallest absolute Gasteiger partial charge is 0.0146 e. The van der Waals surface area contributed by atoms with Crippen LogP contribution in [0.5, 0.6) is 5.75 Å². The van der Waals surface area contributed by atoms with Crippen LogP contribution < -0.4 is 14.5 Å². The molecule has 37 heavy (non-hydrogen) atoms. The maximum absolute atomic E-state index is 5.88. The van der Waals surface area contributed by atoms with Crippen molar-refractivity contribution in [2.24, 2.45) is 0 Å². The second-order valence-electron chi connectivity index (χ2n) is 10.0. The molecule has 6 heteroatoms. The van der Waals surface area contributed by atoms with Crippen molar-refractivity contribution in [1.29, 1.82) is 0 Å². The van der Waals surface area contributed by atoms with Crippen LogP contribution >= 0.6 is 21.3 Å². The second-order valence-corrected chi connectivity index (χ2v) is 12.3. The third kappa shape index (κ3) is 7.82. The first-order chi connectivity index (χ1) is 17.5. The van der Waals surface area contributed by atoms with E-state index in [-0.39, 0.29) is 21.8 Å². The van der Waals surface area contributed by atoms with Gasteiger partial charge in [0.25, 0.3) is 0 Å². The van der Waals surface area contributed by atoms with Crippen molar-refractivity contribution in [1.82, 2.24) is 0 Å². The summed E-state index contributed by atoms with van der Waals surface area (Å²) in [6, 6.07) is 14.7. The van der Waals surface area contributed by atoms with Gasteiger partial charge >= 0.3 is 101 Å². The largest absolute Gasteiger partial charge is 0.502 e. The van der Waals surface area contributed by atoms with E-state index in [1.165, 1.54) is 44.8 Å². The Bertz CT molecular complexity index is 1160. The van der Waals surface area contributed by atoms with Gasteiger partial charge in [0.05, 0.1) is 0 Å². The minimum atomic E-state index is -0.260. The fourth-order valence-electron chi connectivity index (χ4n) is 5.09. The summed E-state index contributed by atoms with van der Waals surface area (Å²) in [5.41, 5.74) is 11.8. The molecule has 4 rings (SSSR count). The number of ether oxygens (including phenoxy) is 1. The maximum atomic E-state index is 5.88. The van der Waals surface area contributed by atoms with E-state index < -0.39 is 0 Å². The first-order valence-electron chi connectivity index (χ1n) is 12.6. The Hall–Kier alpha value is -1.87. The molecular weight excluding hydrogens is 588 g/mol. The van der Waals surface area contributed by atoms with Gasteiger partial charge in [0.2, 0.25) is 0 Å². The molecule has 0 N–H and O–H groups in total. The molecule has 3 nitrogen and oxygen atoms in total. The molecule has 201 valence electrons. The van der Waals surface area contributed by atoms with Crippen LogP contribution in [0.4, 0.5) is 11.4 Å². The van der Waals surface area contributed by atoms with Gasteiger partial charge in [-0.1, -0.05) is 35.4 Å². The number of halogens is 2. The topological polar surface area (TPSA) is 15.7 Å². The van der Waals surface area contributed by atoms with Crippen molar-refractivity contribution in [2.75, 3.05) is 22.9 Å². The van der Waals surface area contributed by atoms with E-state index >= 15 is 0 Å². The van der Waals surface area contributed by atoms with Crippen LogP contribution in [0.25, 0.3) is 0 Å². The molecule has 0 saturated carbocycles. The van der Waals surface area contributed by atoms with Crippen LogP contribution in [0.15, 0.2) is 42.5 Å². The predicted octanol–water partition coefficient (Wildman–Crippen LogP) is 8.50. The van der Waals surface area contributed by atoms with E-state index in [2.05, 4.69) is 82.3 Å². The molecule has 0 unspecified atom stereocenters. The van der Waals surface area contributed by atoms with Crippen molar-refractivity contribution in [3.05, 3.63) is 93.1 Å². The Balaban J connectivity index is 0.000000233. The third-order valence-corrected chi connectivity index (χ3v) is 7.61. The van der Waals surface area contributed by atoms with E-state index in [4.69, 9.17) is 26.0 Å². The number of nitrogens with zero attached hydrogens (tertiary/aromatic N) is 2. The Kier molecular flexibility index (Phi) is 10.6. The summed E-state index contributed by atoms with van der Waals surface area (Å²) >= 11 is 5.62. The first kappa shape index (κ1) is 29.7. The standard InChI is InChI=1S/C21H27N2.C10H11ClO.ClH.Ru/c1-14-9-16(3)20(17(4)10-14)22-7-8-23(13-22)21-18(5)11-15(2)12-19(21)6;1-7(2)12-10-5-4-9(11)6-8(10)3;;/h9-13H,7-8H2,1-6H3;3-7H,1-2H3;1H;/q-1;;;+1/p-1. The number of hydrogen-bond acceptors (Lipinski definition) is 3. The van der Waals surface area contributed by atoms with Crippen LogP contribution in [0.1, 0.15) is 52.8 Å². The molecule has 0 aliphatic carbocycles. The zero-order chi connectivity index (χ0) is 27.3. The summed E-state index contributed by atoms with van der Waals surface area (Å²) in [6.45, 7) is 21.6. The number of anilines is 2. The van der Waals surface area contributed by atoms with Crippen molar-refractivity contribution < 1.29 is 20.4 Å². The van der Waals surface area contributed by atoms with Gasteiger partial charge in [0, 0.05) is 24.5 Å². The van der Waals surface area contributed by atoms with Crippen molar-refractivity contribution in [2.45, 2.75) is 61.5 Å². The number of aryl methyl sites for hydroxylation is 6. The fraction of sp³-hybridized carbons (Fsp3) is 0.355. The average molecular weight is 627 g/mol. The number of benzene rings is 3. The van der Waals surface area contributed by atoms with Gasteiger partial charge in [0.1, 0.15) is 0 Å². The summed E-state index contributed by atoms with van der Waals surface area (Å²) in [4.78, 5) is 4.81. The maximum Gasteiger partial charge on any atom is 0.0146 e. The van der Waals surface area contributed by atoms with E-state index in [9.17, 15) is 0 Å². The van der Waals surface area contributed by atoms with Crippen LogP contribution in [0.3, 0.4) is 0 Å². The molecule has 0 atom stereocenters. The molecule has 1 fully saturated rings. The van der Waals surface area contributed by atoms with E-state index in [1.54, 1.807) is 0 Å². The monoisotopic (exact) mass is 626 g/mol. The number of hydrogen-bond donors (Lipinski definition) is 0. The second kappa shape index (κ2) is 13.3. The van der Waals surface area contributed by atoms with E-state index in [1.807, 2.05) is 36.7 Å². The molecular formula is C31H38Cl2N2ORu-. The predicted molar refractivity (Wildman–Crippen MR) is 159 cm³/mol. The SMILES string of the molecule is CC(C)Oc1ccc(Cl)cc1[CH]=[Ru][Cl].Cc1cc(C)c(N2[CH-]N(c3c(C)cc(C)cc3C)CC2)c(C)c1. The first-order valence-corrected chi connectivity index (χ1v) is 16.2. The minimum absolute atomic E-state index is 0.162. The Labute approximate surface area is 239 Å². The van der Waals surface area contributed by atoms with Gasteiger partial charge in [-0.2, -0.15) is 6.67 Å². The van der Waals surface area contributed by atoms with E-state index in [0.717, 1.165) is 24.4 Å². The molecule has 3 aromatic rings. The van der Waals surface area contributed by atoms with Crippen LogP contribution in [-0.4, -0.2) is 23.8 Å². The fourth-order valence-corrected chi connectivity index (χ4v) is 6.36. The average Bonchev–Trinajstić information content (AvgIpc) is 3.23. The van der Waals surface area contributed by atoms with Crippen LogP contribution in [0, 0.1) is 48.2 Å². The van der Waals surface area contributed by atoms with Gasteiger partial charge in [-0.05, 0) is 63.8 Å². The molecule has 3 aromatic carbocycles. The molecule has 0 aromatic heterocycles. The normalized spacial score (nSPS) is 13.6. The van der Waals surface area contributed by atoms with E-state index in [0.29, 0.717) is 5.02 Å². The van der Waals surface area contributed by atoms with Crippen molar-refractivity contribution >= 4 is 37.3 Å². The van der Waals surface area contributed by atoms with Gasteiger partial charge in [-0.25, -0.2) is 0 Å². The molecule has 1 heterocycles.